The van der Waals surface area contributed by atoms with E-state index in [0.29, 0.717) is 0 Å². The van der Waals surface area contributed by atoms with Crippen molar-refractivity contribution in [3.8, 4) is 0 Å². The lowest BCUT2D eigenvalue weighted by molar-refractivity contribution is 0.327. The summed E-state index contributed by atoms with van der Waals surface area (Å²) in [4.78, 5) is 24.5. The first-order chi connectivity index (χ1) is 42.7. The lowest BCUT2D eigenvalue weighted by atomic mass is 9.84. The molecule has 524 valence electrons. The van der Waals surface area contributed by atoms with Gasteiger partial charge in [-0.15, -0.1) is 22.7 Å². The number of hydrogen-bond acceptors (Lipinski definition) is 14. The zero-order valence-electron chi connectivity index (χ0n) is 65.4. The normalized spacial score (nSPS) is 14.1. The molecule has 0 amide bonds. The molecule has 1 N–H and O–H groups in total. The van der Waals surface area contributed by atoms with Gasteiger partial charge in [-0.2, -0.15) is 13.8 Å². The average molecular weight is 1360 g/mol. The van der Waals surface area contributed by atoms with Crippen molar-refractivity contribution < 1.29 is 4.52 Å². The molecule has 0 saturated carbocycles. The van der Waals surface area contributed by atoms with E-state index in [1.165, 1.54) is 55.0 Å². The molecule has 11 nitrogen and oxygen atoms in total. The Kier molecular flexibility index (Phi) is 34.0. The van der Waals surface area contributed by atoms with Gasteiger partial charge in [-0.25, -0.2) is 9.97 Å². The Morgan fingerprint density at radius 1 is 0.532 bits per heavy atom. The Morgan fingerprint density at radius 2 is 1.05 bits per heavy atom. The van der Waals surface area contributed by atoms with Gasteiger partial charge in [-0.3, -0.25) is 20.1 Å². The second-order valence-corrected chi connectivity index (χ2v) is 37.0. The maximum Gasteiger partial charge on any atom is 0.142 e. The van der Waals surface area contributed by atoms with Gasteiger partial charge in [0.15, 0.2) is 0 Å². The molecule has 15 heteroatoms. The summed E-state index contributed by atoms with van der Waals surface area (Å²) < 4.78 is 13.5. The summed E-state index contributed by atoms with van der Waals surface area (Å²) >= 11 is 6.65. The van der Waals surface area contributed by atoms with Crippen LogP contribution in [0.2, 0.25) is 0 Å². The minimum absolute atomic E-state index is 0.0846. The van der Waals surface area contributed by atoms with Crippen molar-refractivity contribution in [3.63, 3.8) is 0 Å². The van der Waals surface area contributed by atoms with Gasteiger partial charge in [0.2, 0.25) is 0 Å². The molecule has 9 rings (SSSR count). The van der Waals surface area contributed by atoms with Crippen LogP contribution in [0.15, 0.2) is 115 Å². The maximum absolute atomic E-state index is 5.08. The number of aromatic amines is 1. The largest absolute Gasteiger partial charge is 0.361 e. The fourth-order valence-corrected chi connectivity index (χ4v) is 11.9. The van der Waals surface area contributed by atoms with E-state index in [2.05, 4.69) is 311 Å². The molecule has 6 aromatic heterocycles. The second kappa shape index (κ2) is 36.8. The minimum atomic E-state index is 0.0846. The van der Waals surface area contributed by atoms with Gasteiger partial charge in [-0.05, 0) is 139 Å². The maximum atomic E-state index is 5.08. The molecule has 0 radical (unpaired) electrons. The lowest BCUT2D eigenvalue weighted by Crippen LogP contribution is -2.14. The number of aliphatic imine (C=N–C) groups is 3. The summed E-state index contributed by atoms with van der Waals surface area (Å²) in [5.74, 6) is 0.949. The molecule has 0 bridgehead atoms. The number of aromatic nitrogens is 7. The smallest absolute Gasteiger partial charge is 0.142 e. The summed E-state index contributed by atoms with van der Waals surface area (Å²) in [6, 6.07) is 6.27. The third-order valence-corrected chi connectivity index (χ3v) is 18.6. The number of nitrogens with zero attached hydrogens (tertiary/aromatic N) is 9. The minimum Gasteiger partial charge on any atom is -0.361 e. The molecule has 0 atom stereocenters. The van der Waals surface area contributed by atoms with Gasteiger partial charge in [0.25, 0.3) is 0 Å². The van der Waals surface area contributed by atoms with E-state index in [0.717, 1.165) is 76.6 Å². The third kappa shape index (κ3) is 32.1. The highest BCUT2D eigenvalue weighted by atomic mass is 32.1. The summed E-state index contributed by atoms with van der Waals surface area (Å²) in [6.07, 6.45) is 15.4. The zero-order chi connectivity index (χ0) is 72.8. The second-order valence-electron chi connectivity index (χ2n) is 33.3. The first kappa shape index (κ1) is 86.7. The average Bonchev–Trinajstić information content (AvgIpc) is 1.67. The first-order valence-electron chi connectivity index (χ1n) is 33.4. The molecule has 9 heterocycles. The number of H-pyrrole nitrogens is 1. The van der Waals surface area contributed by atoms with Crippen LogP contribution in [0.1, 0.15) is 279 Å². The predicted octanol–water partition coefficient (Wildman–Crippen LogP) is 23.9. The highest BCUT2D eigenvalue weighted by molar-refractivity contribution is 7.11. The van der Waals surface area contributed by atoms with E-state index in [9.17, 15) is 0 Å². The number of rotatable bonds is 4. The van der Waals surface area contributed by atoms with Gasteiger partial charge in [-0.1, -0.05) is 237 Å². The molecule has 6 aromatic rings. The molecule has 0 saturated heterocycles. The molecule has 0 fully saturated rings. The Morgan fingerprint density at radius 3 is 1.27 bits per heavy atom. The number of nitrogens with one attached hydrogen (secondary N) is 1. The molecule has 3 aliphatic rings. The van der Waals surface area contributed by atoms with Crippen molar-refractivity contribution in [2.45, 2.75) is 287 Å². The van der Waals surface area contributed by atoms with Gasteiger partial charge in [0, 0.05) is 78.0 Å². The van der Waals surface area contributed by atoms with Gasteiger partial charge >= 0.3 is 0 Å². The van der Waals surface area contributed by atoms with Crippen LogP contribution in [0.25, 0.3) is 0 Å². The van der Waals surface area contributed by atoms with Crippen molar-refractivity contribution in [2.24, 2.45) is 31.2 Å². The molecule has 0 unspecified atom stereocenters. The molecule has 3 aliphatic heterocycles. The molecule has 94 heavy (non-hydrogen) atoms. The van der Waals surface area contributed by atoms with E-state index >= 15 is 0 Å². The van der Waals surface area contributed by atoms with Crippen LogP contribution in [0, 0.1) is 50.9 Å². The molecular formula is C79H128N10OS4. The van der Waals surface area contributed by atoms with Crippen LogP contribution < -0.4 is 0 Å². The summed E-state index contributed by atoms with van der Waals surface area (Å²) in [5, 5.41) is 17.6. The van der Waals surface area contributed by atoms with Crippen molar-refractivity contribution in [1.82, 2.24) is 34.1 Å². The monoisotopic (exact) mass is 1360 g/mol. The van der Waals surface area contributed by atoms with E-state index in [4.69, 9.17) is 4.52 Å². The number of hydrogen-bond donors (Lipinski definition) is 1. The van der Waals surface area contributed by atoms with Crippen LogP contribution in [0.4, 0.5) is 0 Å². The number of thiazole rings is 2. The number of aryl methyl sites for hydroxylation is 6. The fraction of sp³-hybridized carbons (Fsp3) is 0.608. The highest BCUT2D eigenvalue weighted by Gasteiger charge is 2.25. The van der Waals surface area contributed by atoms with Crippen LogP contribution in [0.3, 0.4) is 0 Å². The van der Waals surface area contributed by atoms with Gasteiger partial charge < -0.3 is 4.52 Å². The summed E-state index contributed by atoms with van der Waals surface area (Å²) in [6.45, 7) is 82.6. The van der Waals surface area contributed by atoms with Crippen LogP contribution >= 0.6 is 45.7 Å². The SMILES string of the molecule is C=CC1=NCC=C1C(C)(C)C.C=CC1=NCC=C1C(C)(C)C.CCC1=NC(C(C)(C)C)=CC1.CCc1cc(C(C)(C)C)n[nH]1.Cc1cc(C(C)(C)C)on1.Cc1cc(C(C)(C)C)sn1.Cc1nc(C(C)(C)C)cs1.Cc1ncc(C(C)(C)C)s1.Cc1nscc1C(C)(C)C. The van der Waals surface area contributed by atoms with Crippen LogP contribution in [-0.2, 0) is 38.9 Å². The topological polar surface area (TPSA) is 143 Å². The summed E-state index contributed by atoms with van der Waals surface area (Å²) in [5.41, 5.74) is 17.5. The fourth-order valence-electron chi connectivity index (χ4n) is 8.54. The lowest BCUT2D eigenvalue weighted by Gasteiger charge is -2.20. The van der Waals surface area contributed by atoms with Crippen molar-refractivity contribution >= 4 is 62.9 Å². The Labute approximate surface area is 589 Å². The van der Waals surface area contributed by atoms with Gasteiger partial charge in [0.05, 0.1) is 63.0 Å². The van der Waals surface area contributed by atoms with Crippen LogP contribution in [-0.4, -0.2) is 64.3 Å². The zero-order valence-corrected chi connectivity index (χ0v) is 68.6. The quantitative estimate of drug-likeness (QED) is 0.185. The predicted molar refractivity (Wildman–Crippen MR) is 419 cm³/mol. The standard InChI is InChI=1S/2C10H15N.C10H17N.C9H16N2.C8H13NO.4C8H13NS/c2*1-5-9-8(6-7-11-9)10(2,3)4;1-5-8-6-7-9(11-8)10(2,3)4;1-5-7-6-8(11-10-7)9(2,3)4;1-6-5-7(10-9-6)8(2,3)4;1-6-9-7(5-10-6)8(2,3)4;1-6-9-5-7(10-6)8(2,3)4;1-6-7(5-10-9-6)8(2,3)4;1-6-5-7(10-9-6)8(2,3)4/h2*5-6H,1,7H2,2-4H3;7H,5-6H2,1-4H3;6H,5H2,1-4H3,(H,10,11);5*5H,1-4H3. The Balaban J connectivity index is 0.000000529. The van der Waals surface area contributed by atoms with E-state index in [-0.39, 0.29) is 48.7 Å². The molecule has 0 aromatic carbocycles. The summed E-state index contributed by atoms with van der Waals surface area (Å²) in [7, 11) is 0. The first-order valence-corrected chi connectivity index (χ1v) is 36.7. The molecule has 0 spiro atoms. The van der Waals surface area contributed by atoms with Crippen molar-refractivity contribution in [1.29, 1.82) is 0 Å². The van der Waals surface area contributed by atoms with E-state index in [1.54, 1.807) is 45.7 Å². The van der Waals surface area contributed by atoms with Crippen LogP contribution in [0.5, 0.6) is 0 Å². The van der Waals surface area contributed by atoms with E-state index in [1.807, 2.05) is 52.1 Å². The third-order valence-electron chi connectivity index (χ3n) is 14.5. The Bertz CT molecular complexity index is 3180. The van der Waals surface area contributed by atoms with Crippen molar-refractivity contribution in [2.75, 3.05) is 13.1 Å². The number of allylic oxidation sites excluding steroid dienone is 6. The Hall–Kier alpha value is -5.35. The molecular weight excluding hydrogens is 1230 g/mol. The van der Waals surface area contributed by atoms with E-state index < -0.39 is 0 Å². The highest BCUT2D eigenvalue weighted by Crippen LogP contribution is 2.33. The van der Waals surface area contributed by atoms with Gasteiger partial charge in [0.1, 0.15) is 5.76 Å². The van der Waals surface area contributed by atoms with Crippen molar-refractivity contribution in [3.05, 3.63) is 161 Å². The molecule has 0 aliphatic carbocycles.